The molecule has 158 valence electrons. The standard InChI is InChI=1S/C24H22BrN3O3/c1-17-5-4-7-19(13-17)24(30)26-15-23(29)28-27-14-20-6-2-3-8-22(20)31-16-18-9-11-21(25)12-10-18/h2-14H,15-16H2,1H3,(H,26,30)(H,28,29)/b27-14-. The summed E-state index contributed by atoms with van der Waals surface area (Å²) < 4.78 is 6.89. The molecule has 3 rings (SSSR count). The van der Waals surface area contributed by atoms with E-state index in [1.54, 1.807) is 18.2 Å². The van der Waals surface area contributed by atoms with Crippen LogP contribution in [0.25, 0.3) is 0 Å². The van der Waals surface area contributed by atoms with Gasteiger partial charge in [-0.15, -0.1) is 0 Å². The first-order valence-electron chi connectivity index (χ1n) is 9.64. The number of benzene rings is 3. The molecule has 3 aromatic rings. The second-order valence-corrected chi connectivity index (χ2v) is 7.71. The SMILES string of the molecule is Cc1cccc(C(=O)NCC(=O)N/N=C\c2ccccc2OCc2ccc(Br)cc2)c1. The molecular formula is C24H22BrN3O3. The fourth-order valence-corrected chi connectivity index (χ4v) is 2.99. The molecule has 0 aliphatic carbocycles. The van der Waals surface area contributed by atoms with Crippen molar-refractivity contribution in [3.8, 4) is 5.75 Å². The van der Waals surface area contributed by atoms with Crippen LogP contribution in [0.15, 0.2) is 82.4 Å². The Labute approximate surface area is 189 Å². The van der Waals surface area contributed by atoms with E-state index in [2.05, 4.69) is 31.8 Å². The van der Waals surface area contributed by atoms with E-state index in [9.17, 15) is 9.59 Å². The molecule has 0 radical (unpaired) electrons. The highest BCUT2D eigenvalue weighted by Gasteiger charge is 2.08. The van der Waals surface area contributed by atoms with Crippen molar-refractivity contribution in [2.75, 3.05) is 6.54 Å². The van der Waals surface area contributed by atoms with Crippen molar-refractivity contribution in [3.63, 3.8) is 0 Å². The molecule has 0 unspecified atom stereocenters. The lowest BCUT2D eigenvalue weighted by atomic mass is 10.1. The molecule has 2 N–H and O–H groups in total. The van der Waals surface area contributed by atoms with Gasteiger partial charge in [0.05, 0.1) is 12.8 Å². The highest BCUT2D eigenvalue weighted by Crippen LogP contribution is 2.18. The van der Waals surface area contributed by atoms with E-state index in [-0.39, 0.29) is 12.5 Å². The number of para-hydroxylation sites is 1. The van der Waals surface area contributed by atoms with Crippen LogP contribution in [0, 0.1) is 6.92 Å². The number of hydrogen-bond donors (Lipinski definition) is 2. The van der Waals surface area contributed by atoms with Crippen LogP contribution in [0.3, 0.4) is 0 Å². The molecule has 0 saturated heterocycles. The van der Waals surface area contributed by atoms with Crippen LogP contribution < -0.4 is 15.5 Å². The zero-order valence-electron chi connectivity index (χ0n) is 17.0. The van der Waals surface area contributed by atoms with Gasteiger partial charge in [-0.2, -0.15) is 5.10 Å². The Hall–Kier alpha value is -3.45. The van der Waals surface area contributed by atoms with Crippen molar-refractivity contribution >= 4 is 34.0 Å². The molecule has 0 atom stereocenters. The second kappa shape index (κ2) is 11.1. The minimum Gasteiger partial charge on any atom is -0.488 e. The number of amides is 2. The van der Waals surface area contributed by atoms with E-state index in [4.69, 9.17) is 4.74 Å². The quantitative estimate of drug-likeness (QED) is 0.375. The Bertz CT molecular complexity index is 1080. The molecule has 0 spiro atoms. The number of aryl methyl sites for hydroxylation is 1. The number of carbonyl (C=O) groups is 2. The smallest absolute Gasteiger partial charge is 0.259 e. The van der Waals surface area contributed by atoms with Crippen molar-refractivity contribution in [2.24, 2.45) is 5.10 Å². The average molecular weight is 480 g/mol. The molecule has 0 fully saturated rings. The summed E-state index contributed by atoms with van der Waals surface area (Å²) in [7, 11) is 0. The Kier molecular flexibility index (Phi) is 7.95. The number of nitrogens with one attached hydrogen (secondary N) is 2. The Morgan fingerprint density at radius 3 is 2.58 bits per heavy atom. The molecule has 0 aliphatic heterocycles. The van der Waals surface area contributed by atoms with E-state index >= 15 is 0 Å². The lowest BCUT2D eigenvalue weighted by Gasteiger charge is -2.09. The lowest BCUT2D eigenvalue weighted by Crippen LogP contribution is -2.34. The van der Waals surface area contributed by atoms with Crippen LogP contribution in [0.2, 0.25) is 0 Å². The van der Waals surface area contributed by atoms with Crippen LogP contribution in [0.4, 0.5) is 0 Å². The predicted octanol–water partition coefficient (Wildman–Crippen LogP) is 4.22. The van der Waals surface area contributed by atoms with Gasteiger partial charge in [-0.05, 0) is 48.9 Å². The fraction of sp³-hybridized carbons (Fsp3) is 0.125. The first-order valence-corrected chi connectivity index (χ1v) is 10.4. The molecule has 31 heavy (non-hydrogen) atoms. The molecule has 0 bridgehead atoms. The average Bonchev–Trinajstić information content (AvgIpc) is 2.78. The Morgan fingerprint density at radius 1 is 1.03 bits per heavy atom. The van der Waals surface area contributed by atoms with Crippen LogP contribution in [-0.4, -0.2) is 24.6 Å². The summed E-state index contributed by atoms with van der Waals surface area (Å²) >= 11 is 3.41. The Morgan fingerprint density at radius 2 is 1.81 bits per heavy atom. The number of nitrogens with zero attached hydrogens (tertiary/aromatic N) is 1. The molecule has 0 aliphatic rings. The lowest BCUT2D eigenvalue weighted by molar-refractivity contribution is -0.120. The number of halogens is 1. The molecule has 0 aromatic heterocycles. The fourth-order valence-electron chi connectivity index (χ4n) is 2.72. The predicted molar refractivity (Wildman–Crippen MR) is 124 cm³/mol. The van der Waals surface area contributed by atoms with Crippen molar-refractivity contribution in [3.05, 3.63) is 99.5 Å². The topological polar surface area (TPSA) is 79.8 Å². The Balaban J connectivity index is 1.50. The third-order valence-corrected chi connectivity index (χ3v) is 4.84. The summed E-state index contributed by atoms with van der Waals surface area (Å²) in [5, 5.41) is 6.55. The maximum atomic E-state index is 12.1. The van der Waals surface area contributed by atoms with Crippen LogP contribution in [0.1, 0.15) is 27.0 Å². The molecule has 0 saturated carbocycles. The maximum Gasteiger partial charge on any atom is 0.259 e. The zero-order valence-corrected chi connectivity index (χ0v) is 18.6. The minimum absolute atomic E-state index is 0.175. The molecule has 2 amide bonds. The van der Waals surface area contributed by atoms with Gasteiger partial charge in [0.2, 0.25) is 0 Å². The number of hydrogen-bond acceptors (Lipinski definition) is 4. The normalized spacial score (nSPS) is 10.6. The summed E-state index contributed by atoms with van der Waals surface area (Å²) in [6, 6.07) is 22.4. The van der Waals surface area contributed by atoms with Gasteiger partial charge in [-0.25, -0.2) is 5.43 Å². The minimum atomic E-state index is -0.425. The van der Waals surface area contributed by atoms with Crippen molar-refractivity contribution in [2.45, 2.75) is 13.5 Å². The van der Waals surface area contributed by atoms with Crippen molar-refractivity contribution in [1.82, 2.24) is 10.7 Å². The van der Waals surface area contributed by atoms with E-state index in [0.717, 1.165) is 21.2 Å². The maximum absolute atomic E-state index is 12.1. The van der Waals surface area contributed by atoms with Gasteiger partial charge >= 0.3 is 0 Å². The first kappa shape index (κ1) is 22.2. The largest absolute Gasteiger partial charge is 0.488 e. The summed E-state index contributed by atoms with van der Waals surface area (Å²) in [4.78, 5) is 24.1. The van der Waals surface area contributed by atoms with E-state index in [1.165, 1.54) is 6.21 Å². The van der Waals surface area contributed by atoms with Gasteiger partial charge in [-0.1, -0.05) is 57.9 Å². The van der Waals surface area contributed by atoms with Gasteiger partial charge in [0.15, 0.2) is 0 Å². The number of rotatable bonds is 8. The molecule has 6 nitrogen and oxygen atoms in total. The van der Waals surface area contributed by atoms with Crippen LogP contribution in [0.5, 0.6) is 5.75 Å². The van der Waals surface area contributed by atoms with Gasteiger partial charge in [-0.3, -0.25) is 9.59 Å². The van der Waals surface area contributed by atoms with Gasteiger partial charge in [0.1, 0.15) is 12.4 Å². The first-order chi connectivity index (χ1) is 15.0. The van der Waals surface area contributed by atoms with Crippen LogP contribution in [-0.2, 0) is 11.4 Å². The van der Waals surface area contributed by atoms with E-state index < -0.39 is 5.91 Å². The summed E-state index contributed by atoms with van der Waals surface area (Å²) in [6.07, 6.45) is 1.51. The summed E-state index contributed by atoms with van der Waals surface area (Å²) in [6.45, 7) is 2.14. The monoisotopic (exact) mass is 479 g/mol. The third kappa shape index (κ3) is 7.08. The number of ether oxygens (including phenoxy) is 1. The summed E-state index contributed by atoms with van der Waals surface area (Å²) in [5.41, 5.74) is 5.65. The number of hydrazone groups is 1. The number of carbonyl (C=O) groups excluding carboxylic acids is 2. The zero-order chi connectivity index (χ0) is 22.1. The third-order valence-electron chi connectivity index (χ3n) is 4.31. The van der Waals surface area contributed by atoms with Gasteiger partial charge in [0, 0.05) is 15.6 Å². The van der Waals surface area contributed by atoms with Gasteiger partial charge in [0.25, 0.3) is 11.8 Å². The summed E-state index contributed by atoms with van der Waals surface area (Å²) in [5.74, 6) is -0.0869. The van der Waals surface area contributed by atoms with E-state index in [0.29, 0.717) is 17.9 Å². The van der Waals surface area contributed by atoms with Crippen molar-refractivity contribution in [1.29, 1.82) is 0 Å². The van der Waals surface area contributed by atoms with Crippen LogP contribution >= 0.6 is 15.9 Å². The highest BCUT2D eigenvalue weighted by atomic mass is 79.9. The van der Waals surface area contributed by atoms with Crippen molar-refractivity contribution < 1.29 is 14.3 Å². The molecule has 7 heteroatoms. The van der Waals surface area contributed by atoms with Gasteiger partial charge < -0.3 is 10.1 Å². The molecular weight excluding hydrogens is 458 g/mol. The molecule has 0 heterocycles. The second-order valence-electron chi connectivity index (χ2n) is 6.80. The molecule has 3 aromatic carbocycles. The van der Waals surface area contributed by atoms with E-state index in [1.807, 2.05) is 61.5 Å². The highest BCUT2D eigenvalue weighted by molar-refractivity contribution is 9.10.